The molecule has 4 rings (SSSR count). The average Bonchev–Trinajstić information content (AvgIpc) is 3.29. The van der Waals surface area contributed by atoms with Crippen molar-refractivity contribution in [1.29, 1.82) is 0 Å². The van der Waals surface area contributed by atoms with Gasteiger partial charge in [-0.15, -0.1) is 11.3 Å². The van der Waals surface area contributed by atoms with Crippen LogP contribution in [0.15, 0.2) is 66.0 Å². The molecule has 3 atom stereocenters. The third-order valence-corrected chi connectivity index (χ3v) is 7.78. The van der Waals surface area contributed by atoms with Crippen LogP contribution in [0.1, 0.15) is 68.4 Å². The second-order valence-corrected chi connectivity index (χ2v) is 9.95. The van der Waals surface area contributed by atoms with Crippen LogP contribution < -0.4 is 0 Å². The van der Waals surface area contributed by atoms with Gasteiger partial charge in [0.1, 0.15) is 5.60 Å². The molecule has 34 heavy (non-hydrogen) atoms. The highest BCUT2D eigenvalue weighted by Gasteiger charge is 2.40. The molecule has 0 spiro atoms. The minimum atomic E-state index is -0.712. The van der Waals surface area contributed by atoms with Crippen LogP contribution in [0.2, 0.25) is 0 Å². The van der Waals surface area contributed by atoms with Crippen molar-refractivity contribution >= 4 is 17.4 Å². The fraction of sp³-hybridized carbons (Fsp3) is 0.393. The Hall–Kier alpha value is -2.67. The Bertz CT molecular complexity index is 1080. The van der Waals surface area contributed by atoms with Crippen LogP contribution in [-0.4, -0.2) is 34.4 Å². The van der Waals surface area contributed by atoms with E-state index in [1.165, 1.54) is 0 Å². The number of aliphatic hydroxyl groups is 2. The molecule has 0 bridgehead atoms. The fourth-order valence-electron chi connectivity index (χ4n) is 4.86. The zero-order valence-corrected chi connectivity index (χ0v) is 20.6. The third kappa shape index (κ3) is 5.04. The molecule has 3 aromatic rings. The Morgan fingerprint density at radius 1 is 1.09 bits per heavy atom. The molecule has 1 fully saturated rings. The SMILES string of the molecule is CC(O)c1ccsc1-c1ccc(C(C)N2CCCC(CCCO)(c3ccccc3)OC2=O)cc1. The van der Waals surface area contributed by atoms with Gasteiger partial charge in [0, 0.05) is 18.0 Å². The van der Waals surface area contributed by atoms with Gasteiger partial charge >= 0.3 is 6.09 Å². The van der Waals surface area contributed by atoms with E-state index in [2.05, 4.69) is 24.3 Å². The van der Waals surface area contributed by atoms with Crippen LogP contribution in [0.3, 0.4) is 0 Å². The molecule has 0 radical (unpaired) electrons. The maximum absolute atomic E-state index is 13.4. The Balaban J connectivity index is 1.54. The number of carbonyl (C=O) groups is 1. The molecule has 5 nitrogen and oxygen atoms in total. The molecular weight excluding hydrogens is 446 g/mol. The lowest BCUT2D eigenvalue weighted by Crippen LogP contribution is -2.37. The number of aliphatic hydroxyl groups excluding tert-OH is 2. The molecule has 180 valence electrons. The van der Waals surface area contributed by atoms with E-state index in [1.807, 2.05) is 53.6 Å². The van der Waals surface area contributed by atoms with Crippen molar-refractivity contribution in [2.45, 2.75) is 57.3 Å². The van der Waals surface area contributed by atoms with Crippen molar-refractivity contribution in [1.82, 2.24) is 4.90 Å². The summed E-state index contributed by atoms with van der Waals surface area (Å²) in [5.74, 6) is 0. The number of ether oxygens (including phenoxy) is 1. The molecule has 1 aliphatic rings. The Morgan fingerprint density at radius 3 is 2.50 bits per heavy atom. The number of carbonyl (C=O) groups excluding carboxylic acids is 1. The van der Waals surface area contributed by atoms with Gasteiger partial charge in [0.25, 0.3) is 0 Å². The van der Waals surface area contributed by atoms with Crippen molar-refractivity contribution in [3.63, 3.8) is 0 Å². The van der Waals surface area contributed by atoms with Crippen LogP contribution in [0.5, 0.6) is 0 Å². The number of hydrogen-bond donors (Lipinski definition) is 2. The summed E-state index contributed by atoms with van der Waals surface area (Å²) in [6, 6.07) is 20.0. The maximum Gasteiger partial charge on any atom is 0.411 e. The molecule has 6 heteroatoms. The summed E-state index contributed by atoms with van der Waals surface area (Å²) >= 11 is 1.62. The van der Waals surface area contributed by atoms with E-state index < -0.39 is 11.7 Å². The summed E-state index contributed by atoms with van der Waals surface area (Å²) in [6.45, 7) is 4.50. The van der Waals surface area contributed by atoms with Gasteiger partial charge in [0.15, 0.2) is 0 Å². The summed E-state index contributed by atoms with van der Waals surface area (Å²) in [5, 5.41) is 21.5. The second kappa shape index (κ2) is 10.7. The van der Waals surface area contributed by atoms with Gasteiger partial charge < -0.3 is 19.8 Å². The van der Waals surface area contributed by atoms with Gasteiger partial charge in [0.2, 0.25) is 0 Å². The summed E-state index contributed by atoms with van der Waals surface area (Å²) in [7, 11) is 0. The lowest BCUT2D eigenvalue weighted by Gasteiger charge is -2.34. The third-order valence-electron chi connectivity index (χ3n) is 6.80. The first-order chi connectivity index (χ1) is 16.4. The monoisotopic (exact) mass is 479 g/mol. The summed E-state index contributed by atoms with van der Waals surface area (Å²) in [5.41, 5.74) is 3.31. The number of benzene rings is 2. The van der Waals surface area contributed by atoms with Gasteiger partial charge in [-0.1, -0.05) is 54.6 Å². The highest BCUT2D eigenvalue weighted by molar-refractivity contribution is 7.13. The Morgan fingerprint density at radius 2 is 1.82 bits per heavy atom. The van der Waals surface area contributed by atoms with E-state index in [4.69, 9.17) is 4.74 Å². The molecular formula is C28H33NO4S. The molecule has 0 saturated carbocycles. The van der Waals surface area contributed by atoms with Gasteiger partial charge in [-0.3, -0.25) is 0 Å². The quantitative estimate of drug-likeness (QED) is 0.391. The van der Waals surface area contributed by atoms with Crippen molar-refractivity contribution in [3.05, 3.63) is 82.7 Å². The standard InChI is InChI=1S/C28H33NO4S/c1-20(22-10-12-23(13-11-22)26-25(21(2)31)14-19-34-26)29-17-6-15-28(16-7-18-30,33-27(29)32)24-8-4-3-5-9-24/h3-5,8-14,19-21,30-31H,6-7,15-18H2,1-2H3. The molecule has 3 unspecified atom stereocenters. The van der Waals surface area contributed by atoms with Gasteiger partial charge in [0.05, 0.1) is 12.1 Å². The van der Waals surface area contributed by atoms with Crippen LogP contribution in [0, 0.1) is 0 Å². The maximum atomic E-state index is 13.4. The topological polar surface area (TPSA) is 70.0 Å². The predicted octanol–water partition coefficient (Wildman–Crippen LogP) is 6.43. The summed E-state index contributed by atoms with van der Waals surface area (Å²) in [4.78, 5) is 16.2. The highest BCUT2D eigenvalue weighted by atomic mass is 32.1. The molecule has 1 saturated heterocycles. The molecule has 1 aliphatic heterocycles. The first-order valence-corrected chi connectivity index (χ1v) is 12.8. The van der Waals surface area contributed by atoms with Gasteiger partial charge in [-0.05, 0) is 73.2 Å². The van der Waals surface area contributed by atoms with Crippen molar-refractivity contribution in [2.75, 3.05) is 13.2 Å². The van der Waals surface area contributed by atoms with E-state index in [9.17, 15) is 15.0 Å². The lowest BCUT2D eigenvalue weighted by molar-refractivity contribution is -0.0180. The number of thiophene rings is 1. The number of cyclic esters (lactones) is 1. The normalized spacial score (nSPS) is 20.5. The minimum Gasteiger partial charge on any atom is -0.438 e. The van der Waals surface area contributed by atoms with E-state index in [1.54, 1.807) is 18.3 Å². The summed E-state index contributed by atoms with van der Waals surface area (Å²) in [6.07, 6.45) is 1.90. The minimum absolute atomic E-state index is 0.0691. The van der Waals surface area contributed by atoms with E-state index >= 15 is 0 Å². The van der Waals surface area contributed by atoms with Crippen LogP contribution in [0.25, 0.3) is 10.4 Å². The molecule has 2 heterocycles. The average molecular weight is 480 g/mol. The first-order valence-electron chi connectivity index (χ1n) is 12.0. The molecule has 1 aromatic heterocycles. The van der Waals surface area contributed by atoms with Gasteiger partial charge in [-0.25, -0.2) is 4.79 Å². The second-order valence-electron chi connectivity index (χ2n) is 9.03. The van der Waals surface area contributed by atoms with Crippen molar-refractivity contribution in [2.24, 2.45) is 0 Å². The zero-order chi connectivity index (χ0) is 24.1. The largest absolute Gasteiger partial charge is 0.438 e. The van der Waals surface area contributed by atoms with Crippen molar-refractivity contribution in [3.8, 4) is 10.4 Å². The van der Waals surface area contributed by atoms with Crippen LogP contribution in [-0.2, 0) is 10.3 Å². The number of rotatable bonds is 8. The summed E-state index contributed by atoms with van der Waals surface area (Å²) < 4.78 is 6.22. The van der Waals surface area contributed by atoms with Crippen LogP contribution >= 0.6 is 11.3 Å². The number of hydrogen-bond acceptors (Lipinski definition) is 5. The number of amides is 1. The predicted molar refractivity (Wildman–Crippen MR) is 136 cm³/mol. The zero-order valence-electron chi connectivity index (χ0n) is 19.8. The molecule has 1 amide bonds. The lowest BCUT2D eigenvalue weighted by atomic mass is 9.85. The first kappa shape index (κ1) is 24.5. The molecule has 2 aromatic carbocycles. The Kier molecular flexibility index (Phi) is 7.71. The van der Waals surface area contributed by atoms with E-state index in [0.29, 0.717) is 19.4 Å². The molecule has 0 aliphatic carbocycles. The van der Waals surface area contributed by atoms with E-state index in [-0.39, 0.29) is 18.7 Å². The fourth-order valence-corrected chi connectivity index (χ4v) is 5.86. The smallest absolute Gasteiger partial charge is 0.411 e. The van der Waals surface area contributed by atoms with Gasteiger partial charge in [-0.2, -0.15) is 0 Å². The van der Waals surface area contributed by atoms with Crippen LogP contribution in [0.4, 0.5) is 4.79 Å². The highest BCUT2D eigenvalue weighted by Crippen LogP contribution is 2.40. The Labute approximate surface area is 205 Å². The molecule has 2 N–H and O–H groups in total. The van der Waals surface area contributed by atoms with E-state index in [0.717, 1.165) is 40.0 Å². The number of nitrogens with zero attached hydrogens (tertiary/aromatic N) is 1. The van der Waals surface area contributed by atoms with Crippen molar-refractivity contribution < 1.29 is 19.7 Å².